The highest BCUT2D eigenvalue weighted by atomic mass is 32.1. The van der Waals surface area contributed by atoms with E-state index >= 15 is 0 Å². The van der Waals surface area contributed by atoms with Gasteiger partial charge in [0.2, 0.25) is 0 Å². The first-order valence-electron chi connectivity index (χ1n) is 3.31. The molecule has 0 radical (unpaired) electrons. The monoisotopic (exact) mass is 184 g/mol. The molecule has 0 heterocycles. The maximum Gasteiger partial charge on any atom is 0.337 e. The van der Waals surface area contributed by atoms with Crippen LogP contribution in [0.2, 0.25) is 0 Å². The lowest BCUT2D eigenvalue weighted by Crippen LogP contribution is -2.10. The highest BCUT2D eigenvalue weighted by molar-refractivity contribution is 7.80. The van der Waals surface area contributed by atoms with Crippen molar-refractivity contribution in [3.05, 3.63) is 29.8 Å². The van der Waals surface area contributed by atoms with Crippen LogP contribution in [0.25, 0.3) is 0 Å². The predicted molar refractivity (Wildman–Crippen MR) is 46.3 cm³/mol. The SMILES string of the molecule is O=C(O)C(O)c1ccccc1S. The van der Waals surface area contributed by atoms with Crippen molar-refractivity contribution < 1.29 is 15.0 Å². The third kappa shape index (κ3) is 1.78. The van der Waals surface area contributed by atoms with E-state index in [2.05, 4.69) is 12.6 Å². The largest absolute Gasteiger partial charge is 0.479 e. The lowest BCUT2D eigenvalue weighted by molar-refractivity contribution is -0.147. The zero-order valence-corrected chi connectivity index (χ0v) is 7.03. The van der Waals surface area contributed by atoms with Gasteiger partial charge in [0.1, 0.15) is 0 Å². The molecule has 3 nitrogen and oxygen atoms in total. The summed E-state index contributed by atoms with van der Waals surface area (Å²) in [6.07, 6.45) is -1.49. The van der Waals surface area contributed by atoms with E-state index in [4.69, 9.17) is 10.2 Å². The molecule has 64 valence electrons. The third-order valence-corrected chi connectivity index (χ3v) is 1.87. The summed E-state index contributed by atoms with van der Waals surface area (Å²) in [7, 11) is 0. The summed E-state index contributed by atoms with van der Waals surface area (Å²) in [5.41, 5.74) is 0.313. The summed E-state index contributed by atoms with van der Waals surface area (Å²) in [5, 5.41) is 17.6. The van der Waals surface area contributed by atoms with E-state index in [0.717, 1.165) is 0 Å². The Hall–Kier alpha value is -1.00. The number of thiol groups is 1. The smallest absolute Gasteiger partial charge is 0.337 e. The first-order valence-corrected chi connectivity index (χ1v) is 3.76. The molecule has 1 aromatic carbocycles. The molecule has 0 aliphatic carbocycles. The van der Waals surface area contributed by atoms with Crippen molar-refractivity contribution in [2.24, 2.45) is 0 Å². The number of benzene rings is 1. The Labute approximate surface area is 75.1 Å². The molecule has 0 spiro atoms. The number of aliphatic hydroxyl groups is 1. The van der Waals surface area contributed by atoms with Gasteiger partial charge in [-0.3, -0.25) is 0 Å². The van der Waals surface area contributed by atoms with Crippen LogP contribution in [0.3, 0.4) is 0 Å². The standard InChI is InChI=1S/C8H8O3S/c9-7(8(10)11)5-3-1-2-4-6(5)12/h1-4,7,9,12H,(H,10,11). The van der Waals surface area contributed by atoms with Crippen LogP contribution in [0.15, 0.2) is 29.2 Å². The number of carboxylic acids is 1. The van der Waals surface area contributed by atoms with Gasteiger partial charge in [0, 0.05) is 10.5 Å². The zero-order valence-electron chi connectivity index (χ0n) is 6.14. The van der Waals surface area contributed by atoms with Gasteiger partial charge in [-0.2, -0.15) is 0 Å². The number of hydrogen-bond acceptors (Lipinski definition) is 3. The van der Waals surface area contributed by atoms with E-state index in [1.54, 1.807) is 18.2 Å². The molecule has 0 amide bonds. The van der Waals surface area contributed by atoms with Crippen molar-refractivity contribution in [1.29, 1.82) is 0 Å². The van der Waals surface area contributed by atoms with E-state index in [1.807, 2.05) is 0 Å². The Morgan fingerprint density at radius 2 is 2.00 bits per heavy atom. The molecule has 0 saturated carbocycles. The maximum atomic E-state index is 10.4. The molecular formula is C8H8O3S. The van der Waals surface area contributed by atoms with Crippen LogP contribution >= 0.6 is 12.6 Å². The van der Waals surface area contributed by atoms with Crippen LogP contribution in [-0.4, -0.2) is 16.2 Å². The summed E-state index contributed by atoms with van der Waals surface area (Å²) in [5.74, 6) is -1.27. The van der Waals surface area contributed by atoms with Crippen molar-refractivity contribution in [3.63, 3.8) is 0 Å². The zero-order chi connectivity index (χ0) is 9.14. The minimum atomic E-state index is -1.49. The number of aliphatic carboxylic acids is 1. The summed E-state index contributed by atoms with van der Waals surface area (Å²) in [6, 6.07) is 6.54. The van der Waals surface area contributed by atoms with Gasteiger partial charge in [-0.1, -0.05) is 18.2 Å². The van der Waals surface area contributed by atoms with E-state index in [9.17, 15) is 4.79 Å². The summed E-state index contributed by atoms with van der Waals surface area (Å²) < 4.78 is 0. The van der Waals surface area contributed by atoms with Crippen LogP contribution in [0.5, 0.6) is 0 Å². The van der Waals surface area contributed by atoms with Crippen molar-refractivity contribution in [2.75, 3.05) is 0 Å². The lowest BCUT2D eigenvalue weighted by Gasteiger charge is -2.07. The maximum absolute atomic E-state index is 10.4. The lowest BCUT2D eigenvalue weighted by atomic mass is 10.1. The molecule has 4 heteroatoms. The number of rotatable bonds is 2. The minimum Gasteiger partial charge on any atom is -0.479 e. The molecule has 1 rings (SSSR count). The van der Waals surface area contributed by atoms with E-state index in [1.165, 1.54) is 6.07 Å². The van der Waals surface area contributed by atoms with Gasteiger partial charge in [-0.25, -0.2) is 4.79 Å². The molecule has 12 heavy (non-hydrogen) atoms. The quantitative estimate of drug-likeness (QED) is 0.603. The number of carboxylic acid groups (broad SMARTS) is 1. The number of hydrogen-bond donors (Lipinski definition) is 3. The first kappa shape index (κ1) is 9.09. The van der Waals surface area contributed by atoms with Gasteiger partial charge in [-0.15, -0.1) is 12.6 Å². The van der Waals surface area contributed by atoms with Crippen molar-refractivity contribution in [1.82, 2.24) is 0 Å². The number of carbonyl (C=O) groups is 1. The second kappa shape index (κ2) is 3.60. The molecule has 0 aliphatic rings. The van der Waals surface area contributed by atoms with Gasteiger partial charge in [0.25, 0.3) is 0 Å². The van der Waals surface area contributed by atoms with Crippen LogP contribution in [0.1, 0.15) is 11.7 Å². The molecule has 1 aromatic rings. The van der Waals surface area contributed by atoms with E-state index < -0.39 is 12.1 Å². The second-order valence-corrected chi connectivity index (χ2v) is 2.78. The molecule has 0 bridgehead atoms. The van der Waals surface area contributed by atoms with Gasteiger partial charge in [-0.05, 0) is 6.07 Å². The van der Waals surface area contributed by atoms with E-state index in [0.29, 0.717) is 10.5 Å². The average molecular weight is 184 g/mol. The number of aliphatic hydroxyl groups excluding tert-OH is 1. The molecule has 2 N–H and O–H groups in total. The second-order valence-electron chi connectivity index (χ2n) is 2.30. The fraction of sp³-hybridized carbons (Fsp3) is 0.125. The van der Waals surface area contributed by atoms with Gasteiger partial charge in [0.15, 0.2) is 6.10 Å². The summed E-state index contributed by atoms with van der Waals surface area (Å²) in [4.78, 5) is 10.8. The fourth-order valence-corrected chi connectivity index (χ4v) is 1.13. The first-order chi connectivity index (χ1) is 5.63. The molecule has 1 atom stereocenters. The minimum absolute atomic E-state index is 0.313. The highest BCUT2D eigenvalue weighted by Gasteiger charge is 2.17. The van der Waals surface area contributed by atoms with Gasteiger partial charge >= 0.3 is 5.97 Å². The van der Waals surface area contributed by atoms with Crippen molar-refractivity contribution >= 4 is 18.6 Å². The topological polar surface area (TPSA) is 57.5 Å². The molecule has 0 aromatic heterocycles. The highest BCUT2D eigenvalue weighted by Crippen LogP contribution is 2.20. The normalized spacial score (nSPS) is 12.5. The molecule has 0 saturated heterocycles. The molecule has 0 fully saturated rings. The van der Waals surface area contributed by atoms with E-state index in [-0.39, 0.29) is 0 Å². The predicted octanol–water partition coefficient (Wildman–Crippen LogP) is 1.09. The average Bonchev–Trinajstić information content (AvgIpc) is 2.04. The molecule has 1 unspecified atom stereocenters. The Bertz CT molecular complexity index is 298. The van der Waals surface area contributed by atoms with Crippen molar-refractivity contribution in [3.8, 4) is 0 Å². The van der Waals surface area contributed by atoms with Crippen LogP contribution in [-0.2, 0) is 4.79 Å². The third-order valence-electron chi connectivity index (χ3n) is 1.47. The molecular weight excluding hydrogens is 176 g/mol. The molecule has 0 aliphatic heterocycles. The van der Waals surface area contributed by atoms with Crippen LogP contribution < -0.4 is 0 Å². The van der Waals surface area contributed by atoms with Crippen molar-refractivity contribution in [2.45, 2.75) is 11.0 Å². The summed E-state index contributed by atoms with van der Waals surface area (Å²) in [6.45, 7) is 0. The van der Waals surface area contributed by atoms with Gasteiger partial charge < -0.3 is 10.2 Å². The Balaban J connectivity index is 3.02. The Kier molecular flexibility index (Phi) is 2.73. The fourth-order valence-electron chi connectivity index (χ4n) is 0.852. The Morgan fingerprint density at radius 1 is 1.42 bits per heavy atom. The van der Waals surface area contributed by atoms with Crippen LogP contribution in [0.4, 0.5) is 0 Å². The van der Waals surface area contributed by atoms with Gasteiger partial charge in [0.05, 0.1) is 0 Å². The van der Waals surface area contributed by atoms with Crippen LogP contribution in [0, 0.1) is 0 Å². The Morgan fingerprint density at radius 3 is 2.50 bits per heavy atom. The summed E-state index contributed by atoms with van der Waals surface area (Å²) >= 11 is 4.01.